The van der Waals surface area contributed by atoms with E-state index in [4.69, 9.17) is 5.11 Å². The second kappa shape index (κ2) is 4.88. The molecule has 0 saturated carbocycles. The minimum absolute atomic E-state index is 0.0401. The molecule has 2 rings (SSSR count). The maximum atomic E-state index is 10.8. The zero-order valence-corrected chi connectivity index (χ0v) is 11.4. The first-order valence-corrected chi connectivity index (χ1v) is 6.21. The van der Waals surface area contributed by atoms with Gasteiger partial charge < -0.3 is 9.67 Å². The van der Waals surface area contributed by atoms with Crippen LogP contribution >= 0.6 is 0 Å². The molecule has 0 aliphatic carbocycles. The third-order valence-corrected chi connectivity index (χ3v) is 2.97. The molecule has 0 bridgehead atoms. The van der Waals surface area contributed by atoms with Crippen molar-refractivity contribution in [3.05, 3.63) is 53.6 Å². The highest BCUT2D eigenvalue weighted by Crippen LogP contribution is 2.20. The van der Waals surface area contributed by atoms with E-state index in [0.29, 0.717) is 12.1 Å². The van der Waals surface area contributed by atoms with E-state index in [9.17, 15) is 4.79 Å². The van der Waals surface area contributed by atoms with Crippen LogP contribution in [0.5, 0.6) is 0 Å². The molecule has 0 amide bonds. The average Bonchev–Trinajstić information content (AvgIpc) is 2.78. The molecule has 100 valence electrons. The smallest absolute Gasteiger partial charge is 0.335 e. The summed E-state index contributed by atoms with van der Waals surface area (Å²) in [5.41, 5.74) is 2.46. The lowest BCUT2D eigenvalue weighted by Gasteiger charge is -2.14. The highest BCUT2D eigenvalue weighted by Gasteiger charge is 2.16. The molecule has 1 aromatic carbocycles. The minimum atomic E-state index is -0.899. The lowest BCUT2D eigenvalue weighted by atomic mass is 9.93. The molecule has 0 aliphatic rings. The monoisotopic (exact) mass is 258 g/mol. The van der Waals surface area contributed by atoms with Crippen LogP contribution in [0.1, 0.15) is 42.4 Å². The number of hydrogen-bond donors (Lipinski definition) is 1. The molecule has 4 heteroatoms. The van der Waals surface area contributed by atoms with Gasteiger partial charge in [0.25, 0.3) is 0 Å². The van der Waals surface area contributed by atoms with Crippen molar-refractivity contribution in [3.63, 3.8) is 0 Å². The molecule has 2 aromatic rings. The Morgan fingerprint density at radius 2 is 1.89 bits per heavy atom. The number of rotatable bonds is 3. The third kappa shape index (κ3) is 3.22. The van der Waals surface area contributed by atoms with E-state index < -0.39 is 5.97 Å². The summed E-state index contributed by atoms with van der Waals surface area (Å²) in [4.78, 5) is 15.2. The van der Waals surface area contributed by atoms with Crippen molar-refractivity contribution < 1.29 is 9.90 Å². The van der Waals surface area contributed by atoms with Crippen LogP contribution in [0.3, 0.4) is 0 Å². The maximum Gasteiger partial charge on any atom is 0.335 e. The molecule has 0 atom stereocenters. The quantitative estimate of drug-likeness (QED) is 0.921. The summed E-state index contributed by atoms with van der Waals surface area (Å²) in [5, 5.41) is 8.84. The van der Waals surface area contributed by atoms with Crippen molar-refractivity contribution in [2.45, 2.75) is 32.7 Å². The number of hydrogen-bond acceptors (Lipinski definition) is 2. The Balaban J connectivity index is 2.13. The molecule has 4 nitrogen and oxygen atoms in total. The third-order valence-electron chi connectivity index (χ3n) is 2.97. The molecule has 1 aromatic heterocycles. The Labute approximate surface area is 112 Å². The molecular weight excluding hydrogens is 240 g/mol. The van der Waals surface area contributed by atoms with Gasteiger partial charge in [0.1, 0.15) is 0 Å². The average molecular weight is 258 g/mol. The van der Waals surface area contributed by atoms with Crippen molar-refractivity contribution in [2.24, 2.45) is 0 Å². The Hall–Kier alpha value is -2.10. The fourth-order valence-electron chi connectivity index (χ4n) is 1.80. The fraction of sp³-hybridized carbons (Fsp3) is 0.333. The summed E-state index contributed by atoms with van der Waals surface area (Å²) in [5.74, 6) is -0.899. The Bertz CT molecular complexity index is 577. The highest BCUT2D eigenvalue weighted by atomic mass is 16.4. The molecule has 0 fully saturated rings. The van der Waals surface area contributed by atoms with E-state index in [1.54, 1.807) is 12.1 Å². The minimum Gasteiger partial charge on any atom is -0.478 e. The summed E-state index contributed by atoms with van der Waals surface area (Å²) in [6, 6.07) is 6.92. The van der Waals surface area contributed by atoms with Crippen molar-refractivity contribution >= 4 is 5.97 Å². The van der Waals surface area contributed by atoms with E-state index in [-0.39, 0.29) is 5.41 Å². The number of carboxylic acid groups (broad SMARTS) is 1. The lowest BCUT2D eigenvalue weighted by molar-refractivity contribution is 0.0697. The molecule has 0 aliphatic heterocycles. The van der Waals surface area contributed by atoms with Gasteiger partial charge in [-0.2, -0.15) is 0 Å². The van der Waals surface area contributed by atoms with Gasteiger partial charge in [0, 0.05) is 18.2 Å². The van der Waals surface area contributed by atoms with Gasteiger partial charge in [0.15, 0.2) is 0 Å². The van der Waals surface area contributed by atoms with Crippen LogP contribution in [0.25, 0.3) is 0 Å². The van der Waals surface area contributed by atoms with E-state index in [1.807, 2.05) is 29.2 Å². The van der Waals surface area contributed by atoms with Gasteiger partial charge in [-0.25, -0.2) is 9.78 Å². The Kier molecular flexibility index (Phi) is 3.42. The lowest BCUT2D eigenvalue weighted by Crippen LogP contribution is -2.11. The number of carboxylic acids is 1. The summed E-state index contributed by atoms with van der Waals surface area (Å²) < 4.78 is 2.01. The van der Waals surface area contributed by atoms with Crippen LogP contribution in [-0.4, -0.2) is 20.6 Å². The van der Waals surface area contributed by atoms with Gasteiger partial charge in [-0.15, -0.1) is 0 Å². The Morgan fingerprint density at radius 3 is 2.37 bits per heavy atom. The van der Waals surface area contributed by atoms with Crippen LogP contribution in [0.15, 0.2) is 36.8 Å². The maximum absolute atomic E-state index is 10.8. The predicted molar refractivity (Wildman–Crippen MR) is 73.4 cm³/mol. The second-order valence-electron chi connectivity index (χ2n) is 5.68. The van der Waals surface area contributed by atoms with Gasteiger partial charge in [0.05, 0.1) is 17.6 Å². The highest BCUT2D eigenvalue weighted by molar-refractivity contribution is 5.87. The number of imidazole rings is 1. The Morgan fingerprint density at radius 1 is 1.26 bits per heavy atom. The number of nitrogens with zero attached hydrogens (tertiary/aromatic N) is 2. The largest absolute Gasteiger partial charge is 0.478 e. The summed E-state index contributed by atoms with van der Waals surface area (Å²) in [6.45, 7) is 7.08. The normalized spacial score (nSPS) is 11.5. The molecule has 0 unspecified atom stereocenters. The van der Waals surface area contributed by atoms with Crippen LogP contribution in [0.2, 0.25) is 0 Å². The van der Waals surface area contributed by atoms with Crippen LogP contribution in [0.4, 0.5) is 0 Å². The molecule has 0 spiro atoms. The van der Waals surface area contributed by atoms with Crippen LogP contribution < -0.4 is 0 Å². The molecule has 1 N–H and O–H groups in total. The van der Waals surface area contributed by atoms with Gasteiger partial charge >= 0.3 is 5.97 Å². The van der Waals surface area contributed by atoms with Crippen molar-refractivity contribution in [1.29, 1.82) is 0 Å². The number of aromatic carboxylic acids is 1. The van der Waals surface area contributed by atoms with Gasteiger partial charge in [-0.05, 0) is 17.7 Å². The first-order chi connectivity index (χ1) is 8.86. The second-order valence-corrected chi connectivity index (χ2v) is 5.68. The fourth-order valence-corrected chi connectivity index (χ4v) is 1.80. The van der Waals surface area contributed by atoms with Gasteiger partial charge in [-0.1, -0.05) is 32.9 Å². The zero-order valence-electron chi connectivity index (χ0n) is 11.4. The predicted octanol–water partition coefficient (Wildman–Crippen LogP) is 2.93. The first kappa shape index (κ1) is 13.3. The topological polar surface area (TPSA) is 55.1 Å². The van der Waals surface area contributed by atoms with E-state index in [1.165, 1.54) is 0 Å². The van der Waals surface area contributed by atoms with Crippen LogP contribution in [-0.2, 0) is 12.0 Å². The number of benzene rings is 1. The van der Waals surface area contributed by atoms with Crippen LogP contribution in [0, 0.1) is 0 Å². The summed E-state index contributed by atoms with van der Waals surface area (Å²) >= 11 is 0. The SMILES string of the molecule is CC(C)(C)c1cn(Cc2ccc(C(=O)O)cc2)cn1. The van der Waals surface area contributed by atoms with Crippen molar-refractivity contribution in [3.8, 4) is 0 Å². The van der Waals surface area contributed by atoms with Crippen molar-refractivity contribution in [2.75, 3.05) is 0 Å². The van der Waals surface area contributed by atoms with Gasteiger partial charge in [0.2, 0.25) is 0 Å². The molecule has 1 heterocycles. The molecule has 0 radical (unpaired) electrons. The summed E-state index contributed by atoms with van der Waals surface area (Å²) in [7, 11) is 0. The van der Waals surface area contributed by atoms with Gasteiger partial charge in [-0.3, -0.25) is 0 Å². The molecule has 19 heavy (non-hydrogen) atoms. The van der Waals surface area contributed by atoms with E-state index in [0.717, 1.165) is 11.3 Å². The molecule has 0 saturated heterocycles. The zero-order chi connectivity index (χ0) is 14.0. The van der Waals surface area contributed by atoms with E-state index in [2.05, 4.69) is 25.8 Å². The standard InChI is InChI=1S/C15H18N2O2/c1-15(2,3)13-9-17(10-16-13)8-11-4-6-12(7-5-11)14(18)19/h4-7,9-10H,8H2,1-3H3,(H,18,19). The van der Waals surface area contributed by atoms with Crippen molar-refractivity contribution in [1.82, 2.24) is 9.55 Å². The first-order valence-electron chi connectivity index (χ1n) is 6.21. The number of carbonyl (C=O) groups is 1. The molecular formula is C15H18N2O2. The number of aromatic nitrogens is 2. The van der Waals surface area contributed by atoms with E-state index >= 15 is 0 Å². The summed E-state index contributed by atoms with van der Waals surface area (Å²) in [6.07, 6.45) is 3.84.